The first-order chi connectivity index (χ1) is 7.86. The molecule has 2 N–H and O–H groups in total. The maximum Gasteiger partial charge on any atom is 0.304 e. The molecule has 5 nitrogen and oxygen atoms in total. The second kappa shape index (κ2) is 8.06. The lowest BCUT2D eigenvalue weighted by Gasteiger charge is -2.26. The van der Waals surface area contributed by atoms with Crippen molar-refractivity contribution in [3.63, 3.8) is 0 Å². The van der Waals surface area contributed by atoms with Crippen LogP contribution in [0.2, 0.25) is 0 Å². The lowest BCUT2D eigenvalue weighted by molar-refractivity contribution is -0.138. The maximum absolute atomic E-state index is 11.5. The van der Waals surface area contributed by atoms with E-state index in [-0.39, 0.29) is 24.4 Å². The van der Waals surface area contributed by atoms with Gasteiger partial charge in [-0.25, -0.2) is 0 Å². The van der Waals surface area contributed by atoms with Gasteiger partial charge in [0.15, 0.2) is 0 Å². The molecule has 0 aliphatic rings. The molecule has 0 radical (unpaired) electrons. The Hall–Kier alpha value is -1.10. The van der Waals surface area contributed by atoms with Gasteiger partial charge in [0.2, 0.25) is 5.91 Å². The van der Waals surface area contributed by atoms with Gasteiger partial charge in [0.05, 0.1) is 6.42 Å². The predicted molar refractivity (Wildman–Crippen MR) is 66.9 cm³/mol. The van der Waals surface area contributed by atoms with Gasteiger partial charge >= 0.3 is 5.97 Å². The molecule has 0 aliphatic heterocycles. The lowest BCUT2D eigenvalue weighted by Crippen LogP contribution is -2.38. The van der Waals surface area contributed by atoms with Crippen LogP contribution in [-0.4, -0.2) is 47.1 Å². The van der Waals surface area contributed by atoms with Crippen molar-refractivity contribution in [1.29, 1.82) is 0 Å². The fraction of sp³-hybridized carbons (Fsp3) is 0.833. The summed E-state index contributed by atoms with van der Waals surface area (Å²) < 4.78 is 0. The summed E-state index contributed by atoms with van der Waals surface area (Å²) in [6.45, 7) is 9.04. The Morgan fingerprint density at radius 3 is 2.29 bits per heavy atom. The van der Waals surface area contributed by atoms with Crippen LogP contribution in [0.15, 0.2) is 0 Å². The third-order valence-corrected chi connectivity index (χ3v) is 2.58. The van der Waals surface area contributed by atoms with E-state index < -0.39 is 5.97 Å². The van der Waals surface area contributed by atoms with Gasteiger partial charge < -0.3 is 10.4 Å². The Bertz CT molecular complexity index is 254. The van der Waals surface area contributed by atoms with Crippen LogP contribution < -0.4 is 5.32 Å². The second-order valence-corrected chi connectivity index (χ2v) is 4.55. The van der Waals surface area contributed by atoms with Crippen LogP contribution in [-0.2, 0) is 9.59 Å². The SMILES string of the molecule is CCN(CCC(=O)NC(C)C)C(C)CC(=O)O. The largest absolute Gasteiger partial charge is 0.481 e. The highest BCUT2D eigenvalue weighted by molar-refractivity contribution is 5.76. The van der Waals surface area contributed by atoms with Crippen LogP contribution in [0.25, 0.3) is 0 Å². The van der Waals surface area contributed by atoms with Crippen molar-refractivity contribution >= 4 is 11.9 Å². The molecule has 0 bridgehead atoms. The highest BCUT2D eigenvalue weighted by Crippen LogP contribution is 2.04. The molecular formula is C12H24N2O3. The Kier molecular flexibility index (Phi) is 7.54. The van der Waals surface area contributed by atoms with Crippen molar-refractivity contribution in [2.75, 3.05) is 13.1 Å². The minimum Gasteiger partial charge on any atom is -0.481 e. The van der Waals surface area contributed by atoms with Gasteiger partial charge in [0.25, 0.3) is 0 Å². The molecule has 0 spiro atoms. The summed E-state index contributed by atoms with van der Waals surface area (Å²) >= 11 is 0. The highest BCUT2D eigenvalue weighted by atomic mass is 16.4. The quantitative estimate of drug-likeness (QED) is 0.670. The Morgan fingerprint density at radius 2 is 1.88 bits per heavy atom. The zero-order chi connectivity index (χ0) is 13.4. The smallest absolute Gasteiger partial charge is 0.304 e. The van der Waals surface area contributed by atoms with Crippen molar-refractivity contribution in [2.24, 2.45) is 0 Å². The molecule has 0 aliphatic carbocycles. The van der Waals surface area contributed by atoms with E-state index in [2.05, 4.69) is 5.32 Å². The summed E-state index contributed by atoms with van der Waals surface area (Å²) in [5, 5.41) is 11.5. The molecule has 5 heteroatoms. The van der Waals surface area contributed by atoms with E-state index in [1.807, 2.05) is 32.6 Å². The molecule has 0 aromatic heterocycles. The molecule has 0 aromatic carbocycles. The molecule has 0 saturated heterocycles. The summed E-state index contributed by atoms with van der Waals surface area (Å²) in [5.74, 6) is -0.788. The summed E-state index contributed by atoms with van der Waals surface area (Å²) in [7, 11) is 0. The van der Waals surface area contributed by atoms with E-state index in [1.165, 1.54) is 0 Å². The van der Waals surface area contributed by atoms with Crippen molar-refractivity contribution < 1.29 is 14.7 Å². The number of carbonyl (C=O) groups excluding carboxylic acids is 1. The van der Waals surface area contributed by atoms with Gasteiger partial charge in [-0.1, -0.05) is 6.92 Å². The Balaban J connectivity index is 4.04. The normalized spacial score (nSPS) is 12.8. The fourth-order valence-electron chi connectivity index (χ4n) is 1.71. The number of nitrogens with zero attached hydrogens (tertiary/aromatic N) is 1. The van der Waals surface area contributed by atoms with Crippen LogP contribution >= 0.6 is 0 Å². The number of hydrogen-bond acceptors (Lipinski definition) is 3. The molecular weight excluding hydrogens is 220 g/mol. The summed E-state index contributed by atoms with van der Waals surface area (Å²) in [6, 6.07) is 0.110. The Morgan fingerprint density at radius 1 is 1.29 bits per heavy atom. The first kappa shape index (κ1) is 15.9. The number of carboxylic acid groups (broad SMARTS) is 1. The number of amides is 1. The average Bonchev–Trinajstić information content (AvgIpc) is 2.16. The van der Waals surface area contributed by atoms with Gasteiger partial charge in [0, 0.05) is 25.0 Å². The minimum absolute atomic E-state index is 0.0148. The molecule has 0 fully saturated rings. The highest BCUT2D eigenvalue weighted by Gasteiger charge is 2.16. The monoisotopic (exact) mass is 244 g/mol. The number of carboxylic acids is 1. The van der Waals surface area contributed by atoms with Gasteiger partial charge in [-0.05, 0) is 27.3 Å². The van der Waals surface area contributed by atoms with Crippen molar-refractivity contribution in [3.05, 3.63) is 0 Å². The predicted octanol–water partition coefficient (Wildman–Crippen LogP) is 1.09. The minimum atomic E-state index is -0.803. The molecule has 1 unspecified atom stereocenters. The molecule has 0 saturated carbocycles. The van der Waals surface area contributed by atoms with E-state index in [0.717, 1.165) is 6.54 Å². The van der Waals surface area contributed by atoms with E-state index >= 15 is 0 Å². The number of aliphatic carboxylic acids is 1. The molecule has 1 amide bonds. The number of hydrogen-bond donors (Lipinski definition) is 2. The zero-order valence-electron chi connectivity index (χ0n) is 11.2. The molecule has 0 aromatic rings. The Labute approximate surface area is 103 Å². The molecule has 1 atom stereocenters. The maximum atomic E-state index is 11.5. The van der Waals surface area contributed by atoms with Crippen molar-refractivity contribution in [3.8, 4) is 0 Å². The summed E-state index contributed by atoms with van der Waals surface area (Å²) in [4.78, 5) is 24.1. The molecule has 0 rings (SSSR count). The third kappa shape index (κ3) is 7.74. The number of nitrogens with one attached hydrogen (secondary N) is 1. The zero-order valence-corrected chi connectivity index (χ0v) is 11.2. The van der Waals surface area contributed by atoms with E-state index in [4.69, 9.17) is 5.11 Å². The number of carbonyl (C=O) groups is 2. The van der Waals surface area contributed by atoms with E-state index in [0.29, 0.717) is 13.0 Å². The lowest BCUT2D eigenvalue weighted by atomic mass is 10.2. The van der Waals surface area contributed by atoms with Crippen LogP contribution in [0.1, 0.15) is 40.5 Å². The van der Waals surface area contributed by atoms with Gasteiger partial charge in [-0.15, -0.1) is 0 Å². The van der Waals surface area contributed by atoms with Crippen LogP contribution in [0.4, 0.5) is 0 Å². The van der Waals surface area contributed by atoms with E-state index in [9.17, 15) is 9.59 Å². The van der Waals surface area contributed by atoms with Crippen molar-refractivity contribution in [1.82, 2.24) is 10.2 Å². The standard InChI is InChI=1S/C12H24N2O3/c1-5-14(10(4)8-12(16)17)7-6-11(15)13-9(2)3/h9-10H,5-8H2,1-4H3,(H,13,15)(H,16,17). The van der Waals surface area contributed by atoms with Crippen LogP contribution in [0, 0.1) is 0 Å². The number of rotatable bonds is 8. The van der Waals surface area contributed by atoms with Crippen LogP contribution in [0.3, 0.4) is 0 Å². The molecule has 0 heterocycles. The second-order valence-electron chi connectivity index (χ2n) is 4.55. The first-order valence-corrected chi connectivity index (χ1v) is 6.12. The molecule has 17 heavy (non-hydrogen) atoms. The van der Waals surface area contributed by atoms with E-state index in [1.54, 1.807) is 0 Å². The van der Waals surface area contributed by atoms with Crippen LogP contribution in [0.5, 0.6) is 0 Å². The molecule has 100 valence electrons. The van der Waals surface area contributed by atoms with Gasteiger partial charge in [-0.3, -0.25) is 14.5 Å². The third-order valence-electron chi connectivity index (χ3n) is 2.58. The van der Waals surface area contributed by atoms with Gasteiger partial charge in [-0.2, -0.15) is 0 Å². The summed E-state index contributed by atoms with van der Waals surface area (Å²) in [5.41, 5.74) is 0. The van der Waals surface area contributed by atoms with Gasteiger partial charge in [0.1, 0.15) is 0 Å². The first-order valence-electron chi connectivity index (χ1n) is 6.12. The van der Waals surface area contributed by atoms with Crippen molar-refractivity contribution in [2.45, 2.75) is 52.6 Å². The summed E-state index contributed by atoms with van der Waals surface area (Å²) in [6.07, 6.45) is 0.523. The topological polar surface area (TPSA) is 69.6 Å². The average molecular weight is 244 g/mol. The fourth-order valence-corrected chi connectivity index (χ4v) is 1.71.